The number of fused-ring (bicyclic) bond motifs is 2. The Labute approximate surface area is 445 Å². The van der Waals surface area contributed by atoms with Crippen LogP contribution in [0.5, 0.6) is 0 Å². The van der Waals surface area contributed by atoms with E-state index in [1.54, 1.807) is 9.13 Å². The van der Waals surface area contributed by atoms with Gasteiger partial charge in [0.1, 0.15) is 23.3 Å². The Morgan fingerprint density at radius 2 is 1.15 bits per heavy atom. The summed E-state index contributed by atoms with van der Waals surface area (Å²) < 4.78 is 79.2. The molecule has 0 aromatic carbocycles. The number of carboxylic acid groups (broad SMARTS) is 2. The first-order chi connectivity index (χ1) is 35.0. The van der Waals surface area contributed by atoms with E-state index in [1.807, 2.05) is 0 Å². The molecule has 0 bridgehead atoms. The molecule has 402 valence electrons. The molecule has 9 rings (SSSR count). The predicted molar refractivity (Wildman–Crippen MR) is 271 cm³/mol. The molecule has 29 heteroatoms. The van der Waals surface area contributed by atoms with Crippen molar-refractivity contribution >= 4 is 106 Å². The van der Waals surface area contributed by atoms with E-state index in [2.05, 4.69) is 49.9 Å². The minimum Gasteiger partial charge on any atom is -0.478 e. The monoisotopic (exact) mass is 1160 g/mol. The number of anilines is 1. The number of carboxylic acids is 2. The number of hydrogen-bond donors (Lipinski definition) is 4. The van der Waals surface area contributed by atoms with Crippen LogP contribution in [0.4, 0.5) is 23.4 Å². The summed E-state index contributed by atoms with van der Waals surface area (Å²) in [6.07, 6.45) is 4.40. The maximum absolute atomic E-state index is 14.0. The zero-order chi connectivity index (χ0) is 54.0. The SMILES string of the molecule is C[Si](C)(C)CCOCn1c(=O)n(C2CCOCC2)c2nc(Cl)c(F)cc21.O=C(O)c1cc(F)c(Cl)nc1Cl.O=C(O)c1cc(F)c(Cl)nc1NC1CCOCC1.O=c1[nH]c2cc(F)c(Cl)nc2n1C1CCOCC1. The van der Waals surface area contributed by atoms with E-state index in [0.29, 0.717) is 81.4 Å². The summed E-state index contributed by atoms with van der Waals surface area (Å²) in [6.45, 7) is 11.1. The molecule has 19 nitrogen and oxygen atoms in total. The second kappa shape index (κ2) is 26.2. The highest BCUT2D eigenvalue weighted by atomic mass is 35.5. The molecule has 0 spiro atoms. The van der Waals surface area contributed by atoms with Gasteiger partial charge in [0, 0.05) is 84.6 Å². The molecular weight excluding hydrogens is 1110 g/mol. The minimum atomic E-state index is -1.34. The topological polar surface area (TPSA) is 240 Å². The zero-order valence-electron chi connectivity index (χ0n) is 39.8. The standard InChI is InChI=1S/C17H25ClFN3O3Si.C11H11ClFN3O2.C11H12ClFN2O3.C6H2Cl2FNO2/c1-26(2,3)9-8-25-11-21-14-10-13(19)15(18)20-16(14)22(17(21)23)12-4-6-24-7-5-12;12-9-7(13)5-8-10(15-9)16(11(17)14-8)6-1-3-18-4-2-6;12-9-8(13)5-7(11(16)17)10(15-9)14-6-1-3-18-4-2-6;7-4-2(6(11)12)1-3(9)5(8)10-4/h10,12H,4-9,11H2,1-3H3;5-6H,1-4H2,(H,14,17);5-6H,1-4H2,(H,14,15)(H,16,17);1H,(H,11,12). The first-order valence-electron chi connectivity index (χ1n) is 22.9. The third-order valence-corrected chi connectivity index (χ3v) is 14.7. The number of hydrogen-bond acceptors (Lipinski definition) is 13. The van der Waals surface area contributed by atoms with Crippen molar-refractivity contribution in [3.8, 4) is 0 Å². The molecule has 0 aliphatic carbocycles. The van der Waals surface area contributed by atoms with Gasteiger partial charge in [-0.15, -0.1) is 0 Å². The lowest BCUT2D eigenvalue weighted by molar-refractivity contribution is 0.0668. The van der Waals surface area contributed by atoms with Crippen molar-refractivity contribution in [2.45, 2.75) is 89.1 Å². The summed E-state index contributed by atoms with van der Waals surface area (Å²) in [6, 6.07) is 5.11. The molecular formula is C45H50Cl5F4N9O10Si. The Kier molecular flexibility index (Phi) is 20.7. The summed E-state index contributed by atoms with van der Waals surface area (Å²) in [4.78, 5) is 64.0. The summed E-state index contributed by atoms with van der Waals surface area (Å²) >= 11 is 27.7. The van der Waals surface area contributed by atoms with Crippen LogP contribution in [0.3, 0.4) is 0 Å². The maximum atomic E-state index is 14.0. The summed E-state index contributed by atoms with van der Waals surface area (Å²) in [7, 11) is -1.22. The number of pyridine rings is 4. The molecule has 0 radical (unpaired) electrons. The fourth-order valence-corrected chi connectivity index (χ4v) is 9.30. The second-order valence-electron chi connectivity index (χ2n) is 18.0. The van der Waals surface area contributed by atoms with Gasteiger partial charge in [-0.1, -0.05) is 77.6 Å². The highest BCUT2D eigenvalue weighted by Crippen LogP contribution is 2.28. The zero-order valence-corrected chi connectivity index (χ0v) is 44.6. The number of imidazole rings is 2. The number of carbonyl (C=O) groups is 2. The Bertz CT molecular complexity index is 3090. The third kappa shape index (κ3) is 15.2. The highest BCUT2D eigenvalue weighted by Gasteiger charge is 2.27. The molecule has 6 aromatic heterocycles. The van der Waals surface area contributed by atoms with Crippen LogP contribution >= 0.6 is 58.0 Å². The molecule has 74 heavy (non-hydrogen) atoms. The number of halogens is 9. The lowest BCUT2D eigenvalue weighted by Crippen LogP contribution is -2.31. The smallest absolute Gasteiger partial charge is 0.339 e. The van der Waals surface area contributed by atoms with Gasteiger partial charge in [0.05, 0.1) is 16.6 Å². The molecule has 0 saturated carbocycles. The van der Waals surface area contributed by atoms with E-state index in [1.165, 1.54) is 16.7 Å². The van der Waals surface area contributed by atoms with Gasteiger partial charge in [-0.3, -0.25) is 13.7 Å². The molecule has 0 atom stereocenters. The van der Waals surface area contributed by atoms with E-state index >= 15 is 0 Å². The Morgan fingerprint density at radius 3 is 1.70 bits per heavy atom. The van der Waals surface area contributed by atoms with E-state index in [0.717, 1.165) is 43.9 Å². The minimum absolute atomic E-state index is 0.0222. The van der Waals surface area contributed by atoms with Crippen molar-refractivity contribution in [2.24, 2.45) is 0 Å². The van der Waals surface area contributed by atoms with Crippen LogP contribution in [0.2, 0.25) is 51.5 Å². The van der Waals surface area contributed by atoms with Crippen molar-refractivity contribution in [1.82, 2.24) is 38.6 Å². The lowest BCUT2D eigenvalue weighted by atomic mass is 10.1. The van der Waals surface area contributed by atoms with Crippen molar-refractivity contribution in [2.75, 3.05) is 51.6 Å². The number of aromatic carboxylic acids is 2. The molecule has 3 saturated heterocycles. The number of ether oxygens (including phenoxy) is 4. The van der Waals surface area contributed by atoms with Crippen molar-refractivity contribution in [1.29, 1.82) is 0 Å². The van der Waals surface area contributed by atoms with Gasteiger partial charge in [-0.25, -0.2) is 56.7 Å². The molecule has 0 amide bonds. The molecule has 0 unspecified atom stereocenters. The maximum Gasteiger partial charge on any atom is 0.339 e. The summed E-state index contributed by atoms with van der Waals surface area (Å²) in [5.74, 6) is -5.51. The second-order valence-corrected chi connectivity index (χ2v) is 25.5. The van der Waals surface area contributed by atoms with Crippen LogP contribution in [-0.2, 0) is 25.7 Å². The molecule has 3 aliphatic rings. The summed E-state index contributed by atoms with van der Waals surface area (Å²) in [5, 5.41) is 18.9. The molecule has 3 fully saturated rings. The van der Waals surface area contributed by atoms with Gasteiger partial charge >= 0.3 is 23.3 Å². The van der Waals surface area contributed by atoms with Crippen molar-refractivity contribution in [3.05, 3.63) is 105 Å². The third-order valence-electron chi connectivity index (χ3n) is 11.6. The first-order valence-corrected chi connectivity index (χ1v) is 28.5. The Hall–Kier alpha value is -4.89. The first kappa shape index (κ1) is 58.4. The number of rotatable bonds is 11. The largest absolute Gasteiger partial charge is 0.478 e. The molecule has 4 N–H and O–H groups in total. The number of aromatic amines is 1. The van der Waals surface area contributed by atoms with E-state index in [-0.39, 0.29) is 68.2 Å². The summed E-state index contributed by atoms with van der Waals surface area (Å²) in [5.41, 5.74) is 0.437. The van der Waals surface area contributed by atoms with Gasteiger partial charge in [-0.05, 0) is 56.7 Å². The molecule has 9 heterocycles. The number of aromatic nitrogens is 8. The lowest BCUT2D eigenvalue weighted by Gasteiger charge is -2.24. The van der Waals surface area contributed by atoms with Crippen molar-refractivity contribution in [3.63, 3.8) is 0 Å². The van der Waals surface area contributed by atoms with Crippen LogP contribution < -0.4 is 16.7 Å². The van der Waals surface area contributed by atoms with Crippen LogP contribution in [0.1, 0.15) is 71.3 Å². The van der Waals surface area contributed by atoms with E-state index in [4.69, 9.17) is 87.2 Å². The van der Waals surface area contributed by atoms with Gasteiger partial charge in [0.2, 0.25) is 0 Å². The van der Waals surface area contributed by atoms with Gasteiger partial charge < -0.3 is 39.5 Å². The van der Waals surface area contributed by atoms with Gasteiger partial charge in [0.25, 0.3) is 0 Å². The van der Waals surface area contributed by atoms with Gasteiger partial charge in [0.15, 0.2) is 55.2 Å². The Morgan fingerprint density at radius 1 is 0.676 bits per heavy atom. The van der Waals surface area contributed by atoms with E-state index < -0.39 is 54.0 Å². The number of H-pyrrole nitrogens is 1. The normalized spacial score (nSPS) is 15.7. The quantitative estimate of drug-likeness (QED) is 0.0408. The fourth-order valence-electron chi connectivity index (χ4n) is 7.74. The molecule has 3 aliphatic heterocycles. The van der Waals surface area contributed by atoms with Crippen LogP contribution in [0, 0.1) is 23.3 Å². The van der Waals surface area contributed by atoms with Gasteiger partial charge in [-0.2, -0.15) is 0 Å². The molecule has 6 aromatic rings. The van der Waals surface area contributed by atoms with Crippen LogP contribution in [-0.4, -0.2) is 121 Å². The average Bonchev–Trinajstić information content (AvgIpc) is 3.81. The Balaban J connectivity index is 0.000000166. The van der Waals surface area contributed by atoms with Crippen molar-refractivity contribution < 1.29 is 56.3 Å². The highest BCUT2D eigenvalue weighted by molar-refractivity contribution is 6.76. The number of nitrogens with one attached hydrogen (secondary N) is 2. The van der Waals surface area contributed by atoms with E-state index in [9.17, 15) is 36.7 Å². The number of nitrogens with zero attached hydrogens (tertiary/aromatic N) is 7. The average molecular weight is 1160 g/mol. The van der Waals surface area contributed by atoms with Crippen LogP contribution in [0.15, 0.2) is 33.9 Å². The van der Waals surface area contributed by atoms with Crippen LogP contribution in [0.25, 0.3) is 22.3 Å². The fraction of sp³-hybridized carbons (Fsp3) is 0.467. The predicted octanol–water partition coefficient (Wildman–Crippen LogP) is 9.91.